The molecule has 0 saturated carbocycles. The van der Waals surface area contributed by atoms with Crippen molar-refractivity contribution in [3.05, 3.63) is 60.7 Å². The summed E-state index contributed by atoms with van der Waals surface area (Å²) < 4.78 is 30.1. The summed E-state index contributed by atoms with van der Waals surface area (Å²) in [6, 6.07) is 17.0. The van der Waals surface area contributed by atoms with Crippen LogP contribution in [-0.4, -0.2) is 48.1 Å². The molecule has 4 atom stereocenters. The second-order valence-corrected chi connectivity index (χ2v) is 6.58. The number of aliphatic hydroxyl groups is 1. The number of aliphatic hydroxyl groups excluding tert-OH is 1. The molecule has 1 aliphatic heterocycles. The van der Waals surface area contributed by atoms with Crippen LogP contribution in [-0.2, 0) is 14.2 Å². The minimum absolute atomic E-state index is 0.432. The number of benzene rings is 2. The number of amides is 2. The lowest BCUT2D eigenvalue weighted by molar-refractivity contribution is -0.143. The van der Waals surface area contributed by atoms with E-state index in [-0.39, 0.29) is 0 Å². The van der Waals surface area contributed by atoms with Crippen LogP contribution in [0.5, 0.6) is 0 Å². The van der Waals surface area contributed by atoms with Gasteiger partial charge in [0.1, 0.15) is 12.7 Å². The van der Waals surface area contributed by atoms with Crippen molar-refractivity contribution in [3.63, 3.8) is 0 Å². The molecule has 1 heterocycles. The molecule has 2 amide bonds. The maximum Gasteiger partial charge on any atom is 0.412 e. The van der Waals surface area contributed by atoms with E-state index in [0.717, 1.165) is 6.92 Å². The fourth-order valence-corrected chi connectivity index (χ4v) is 2.81. The van der Waals surface area contributed by atoms with Crippen molar-refractivity contribution in [2.45, 2.75) is 31.1 Å². The van der Waals surface area contributed by atoms with E-state index in [9.17, 15) is 19.1 Å². The van der Waals surface area contributed by atoms with Crippen molar-refractivity contribution in [2.24, 2.45) is 0 Å². The molecule has 0 unspecified atom stereocenters. The first-order chi connectivity index (χ1) is 13.9. The lowest BCUT2D eigenvalue weighted by Crippen LogP contribution is -2.46. The Kier molecular flexibility index (Phi) is 6.30. The van der Waals surface area contributed by atoms with E-state index in [2.05, 4.69) is 10.6 Å². The van der Waals surface area contributed by atoms with Crippen molar-refractivity contribution in [2.75, 3.05) is 17.2 Å². The van der Waals surface area contributed by atoms with Gasteiger partial charge >= 0.3 is 12.2 Å². The highest BCUT2D eigenvalue weighted by atomic mass is 19.1. The summed E-state index contributed by atoms with van der Waals surface area (Å²) in [7, 11) is 0. The number of nitrogens with one attached hydrogen (secondary N) is 2. The van der Waals surface area contributed by atoms with Gasteiger partial charge in [0.15, 0.2) is 18.1 Å². The van der Waals surface area contributed by atoms with E-state index in [1.54, 1.807) is 60.7 Å². The van der Waals surface area contributed by atoms with Crippen molar-refractivity contribution in [1.82, 2.24) is 0 Å². The lowest BCUT2D eigenvalue weighted by atomic mass is 10.00. The second kappa shape index (κ2) is 8.89. The first-order valence-corrected chi connectivity index (χ1v) is 8.90. The largest absolute Gasteiger partial charge is 0.446 e. The third-order valence-corrected chi connectivity index (χ3v) is 4.33. The van der Waals surface area contributed by atoms with E-state index in [4.69, 9.17) is 14.2 Å². The SMILES string of the molecule is C[C@]1(F)[C@H](O)O[C@H](COC(=O)Nc2ccccc2)[C@H]1OC(=O)Nc1ccccc1. The molecule has 0 aromatic heterocycles. The Labute approximate surface area is 166 Å². The van der Waals surface area contributed by atoms with Gasteiger partial charge in [-0.25, -0.2) is 14.0 Å². The normalized spacial score (nSPS) is 25.8. The molecule has 2 aromatic carbocycles. The Morgan fingerprint density at radius 1 is 1.03 bits per heavy atom. The van der Waals surface area contributed by atoms with Crippen LogP contribution < -0.4 is 10.6 Å². The van der Waals surface area contributed by atoms with Gasteiger partial charge in [-0.3, -0.25) is 10.6 Å². The number of rotatable bonds is 5. The minimum Gasteiger partial charge on any atom is -0.446 e. The minimum atomic E-state index is -2.39. The van der Waals surface area contributed by atoms with E-state index < -0.39 is 43.0 Å². The topological polar surface area (TPSA) is 106 Å². The van der Waals surface area contributed by atoms with Crippen LogP contribution in [0.3, 0.4) is 0 Å². The maximum atomic E-state index is 14.9. The number of halogens is 1. The van der Waals surface area contributed by atoms with Crippen LogP contribution in [0.1, 0.15) is 6.92 Å². The van der Waals surface area contributed by atoms with Gasteiger partial charge in [0.05, 0.1) is 0 Å². The molecule has 2 aromatic rings. The fraction of sp³-hybridized carbons (Fsp3) is 0.300. The molecule has 154 valence electrons. The summed E-state index contributed by atoms with van der Waals surface area (Å²) in [6.07, 6.45) is -6.26. The number of ether oxygens (including phenoxy) is 3. The Morgan fingerprint density at radius 3 is 2.10 bits per heavy atom. The smallest absolute Gasteiger partial charge is 0.412 e. The van der Waals surface area contributed by atoms with Gasteiger partial charge in [-0.15, -0.1) is 0 Å². The van der Waals surface area contributed by atoms with Crippen LogP contribution in [0.15, 0.2) is 60.7 Å². The summed E-state index contributed by atoms with van der Waals surface area (Å²) >= 11 is 0. The van der Waals surface area contributed by atoms with Crippen LogP contribution >= 0.6 is 0 Å². The maximum absolute atomic E-state index is 14.9. The molecule has 0 spiro atoms. The molecule has 3 N–H and O–H groups in total. The average molecular weight is 404 g/mol. The van der Waals surface area contributed by atoms with Crippen molar-refractivity contribution < 1.29 is 33.3 Å². The molecule has 0 radical (unpaired) electrons. The second-order valence-electron chi connectivity index (χ2n) is 6.58. The Morgan fingerprint density at radius 2 is 1.55 bits per heavy atom. The molecule has 0 bridgehead atoms. The van der Waals surface area contributed by atoms with Gasteiger partial charge in [-0.1, -0.05) is 36.4 Å². The number of carbonyl (C=O) groups excluding carboxylic acids is 2. The molecule has 3 rings (SSSR count). The predicted octanol–water partition coefficient (Wildman–Crippen LogP) is 3.30. The first kappa shape index (κ1) is 20.6. The molecule has 8 nitrogen and oxygen atoms in total. The van der Waals surface area contributed by atoms with Crippen LogP contribution in [0.2, 0.25) is 0 Å². The number of anilines is 2. The lowest BCUT2D eigenvalue weighted by Gasteiger charge is -2.25. The molecule has 29 heavy (non-hydrogen) atoms. The summed E-state index contributed by atoms with van der Waals surface area (Å²) in [5.41, 5.74) is -1.43. The third-order valence-electron chi connectivity index (χ3n) is 4.33. The van der Waals surface area contributed by atoms with E-state index in [1.807, 2.05) is 0 Å². The number of alkyl halides is 1. The fourth-order valence-electron chi connectivity index (χ4n) is 2.81. The van der Waals surface area contributed by atoms with Gasteiger partial charge in [-0.2, -0.15) is 0 Å². The number of para-hydroxylation sites is 2. The van der Waals surface area contributed by atoms with Crippen LogP contribution in [0.25, 0.3) is 0 Å². The highest BCUT2D eigenvalue weighted by molar-refractivity contribution is 5.85. The molecule has 1 fully saturated rings. The van der Waals surface area contributed by atoms with Gasteiger partial charge in [0.2, 0.25) is 0 Å². The van der Waals surface area contributed by atoms with Crippen LogP contribution in [0.4, 0.5) is 25.4 Å². The highest BCUT2D eigenvalue weighted by Crippen LogP contribution is 2.35. The summed E-state index contributed by atoms with van der Waals surface area (Å²) in [5.74, 6) is 0. The van der Waals surface area contributed by atoms with Crippen molar-refractivity contribution in [3.8, 4) is 0 Å². The molecule has 0 aliphatic carbocycles. The Balaban J connectivity index is 1.59. The zero-order chi connectivity index (χ0) is 20.9. The van der Waals surface area contributed by atoms with Gasteiger partial charge in [0.25, 0.3) is 0 Å². The number of hydrogen-bond donors (Lipinski definition) is 3. The van der Waals surface area contributed by atoms with E-state index in [0.29, 0.717) is 11.4 Å². The van der Waals surface area contributed by atoms with E-state index in [1.165, 1.54) is 0 Å². The molecule has 1 saturated heterocycles. The van der Waals surface area contributed by atoms with Crippen molar-refractivity contribution >= 4 is 23.6 Å². The Bertz CT molecular complexity index is 833. The summed E-state index contributed by atoms with van der Waals surface area (Å²) in [4.78, 5) is 24.0. The van der Waals surface area contributed by atoms with Crippen molar-refractivity contribution in [1.29, 1.82) is 0 Å². The van der Waals surface area contributed by atoms with E-state index >= 15 is 0 Å². The standard InChI is InChI=1S/C20H21FN2O6/c1-20(21)16(29-19(26)23-14-10-6-3-7-11-14)15(28-17(20)24)12-27-18(25)22-13-8-4-2-5-9-13/h2-11,15-17,24H,12H2,1H3,(H,22,25)(H,23,26)/t15-,16-,17-,20-/m1/s1. The Hall–Kier alpha value is -3.17. The highest BCUT2D eigenvalue weighted by Gasteiger charge is 2.57. The summed E-state index contributed by atoms with van der Waals surface area (Å²) in [6.45, 7) is 0.612. The molecule has 9 heteroatoms. The zero-order valence-corrected chi connectivity index (χ0v) is 15.6. The number of hydrogen-bond acceptors (Lipinski definition) is 6. The van der Waals surface area contributed by atoms with Gasteiger partial charge in [0, 0.05) is 11.4 Å². The average Bonchev–Trinajstić information content (AvgIpc) is 2.91. The van der Waals surface area contributed by atoms with Crippen LogP contribution in [0, 0.1) is 0 Å². The summed E-state index contributed by atoms with van der Waals surface area (Å²) in [5, 5.41) is 14.8. The third kappa shape index (κ3) is 5.21. The molecular weight excluding hydrogens is 383 g/mol. The van der Waals surface area contributed by atoms with Gasteiger partial charge < -0.3 is 19.3 Å². The molecular formula is C20H21FN2O6. The molecule has 1 aliphatic rings. The first-order valence-electron chi connectivity index (χ1n) is 8.90. The predicted molar refractivity (Wildman–Crippen MR) is 102 cm³/mol. The zero-order valence-electron chi connectivity index (χ0n) is 15.6. The monoisotopic (exact) mass is 404 g/mol. The number of carbonyl (C=O) groups is 2. The quantitative estimate of drug-likeness (QED) is 0.706. The van der Waals surface area contributed by atoms with Gasteiger partial charge in [-0.05, 0) is 31.2 Å².